The van der Waals surface area contributed by atoms with E-state index in [2.05, 4.69) is 6.26 Å². The third-order valence-corrected chi connectivity index (χ3v) is 7.65. The number of carbonyl (C=O) groups is 2. The van der Waals surface area contributed by atoms with Crippen LogP contribution in [0.3, 0.4) is 0 Å². The number of fused-ring (bicyclic) bond motifs is 2. The Morgan fingerprint density at radius 1 is 1.00 bits per heavy atom. The molecule has 0 saturated heterocycles. The molecule has 2 rings (SSSR count). The molecule has 2 bridgehead atoms. The molecule has 2 fully saturated rings. The fourth-order valence-electron chi connectivity index (χ4n) is 3.64. The molecule has 4 unspecified atom stereocenters. The van der Waals surface area contributed by atoms with Crippen LogP contribution >= 0.6 is 35.3 Å². The molecule has 0 radical (unpaired) electrons. The largest absolute Gasteiger partial charge is 0.300 e. The summed E-state index contributed by atoms with van der Waals surface area (Å²) in [4.78, 5) is 24.0. The summed E-state index contributed by atoms with van der Waals surface area (Å²) in [5, 5.41) is 0.355. The Balaban J connectivity index is 1.70. The van der Waals surface area contributed by atoms with Crippen molar-refractivity contribution >= 4 is 46.2 Å². The van der Waals surface area contributed by atoms with Crippen molar-refractivity contribution in [1.29, 1.82) is 0 Å². The first-order valence-electron chi connectivity index (χ1n) is 7.37. The quantitative estimate of drug-likeness (QED) is 0.635. The van der Waals surface area contributed by atoms with E-state index in [-0.39, 0.29) is 11.8 Å². The van der Waals surface area contributed by atoms with Crippen LogP contribution < -0.4 is 0 Å². The summed E-state index contributed by atoms with van der Waals surface area (Å²) >= 11 is 5.31. The predicted octanol–water partition coefficient (Wildman–Crippen LogP) is 3.59. The molecule has 2 aliphatic carbocycles. The predicted molar refractivity (Wildman–Crippen MR) is 91.7 cm³/mol. The maximum Gasteiger partial charge on any atom is 0.192 e. The molecule has 20 heavy (non-hydrogen) atoms. The molecule has 0 amide bonds. The number of thioether (sulfide) groups is 3. The zero-order valence-electron chi connectivity index (χ0n) is 12.3. The van der Waals surface area contributed by atoms with Gasteiger partial charge in [0.1, 0.15) is 5.78 Å². The maximum absolute atomic E-state index is 12.3. The van der Waals surface area contributed by atoms with E-state index in [4.69, 9.17) is 0 Å². The van der Waals surface area contributed by atoms with Crippen LogP contribution in [0.15, 0.2) is 0 Å². The molecule has 0 aromatic carbocycles. The Morgan fingerprint density at radius 2 is 1.70 bits per heavy atom. The average molecular weight is 333 g/mol. The number of rotatable bonds is 8. The van der Waals surface area contributed by atoms with E-state index < -0.39 is 0 Å². The lowest BCUT2D eigenvalue weighted by Gasteiger charge is -2.26. The summed E-state index contributed by atoms with van der Waals surface area (Å²) in [5.41, 5.74) is 0. The molecule has 2 nitrogen and oxygen atoms in total. The van der Waals surface area contributed by atoms with Crippen molar-refractivity contribution < 1.29 is 9.59 Å². The molecular weight excluding hydrogens is 308 g/mol. The maximum atomic E-state index is 12.3. The topological polar surface area (TPSA) is 34.1 Å². The summed E-state index contributed by atoms with van der Waals surface area (Å²) in [5.74, 6) is 6.01. The number of carbonyl (C=O) groups excluding carboxylic acids is 2. The third kappa shape index (κ3) is 4.20. The highest BCUT2D eigenvalue weighted by Gasteiger charge is 2.50. The SMILES string of the molecule is CSCCSCCSC(=O)C1CC2CC(C(C)=O)C1C2. The highest BCUT2D eigenvalue weighted by molar-refractivity contribution is 8.14. The fourth-order valence-corrected chi connectivity index (χ4v) is 6.47. The van der Waals surface area contributed by atoms with Crippen LogP contribution in [0.2, 0.25) is 0 Å². The van der Waals surface area contributed by atoms with Gasteiger partial charge < -0.3 is 0 Å². The van der Waals surface area contributed by atoms with Crippen molar-refractivity contribution in [3.63, 3.8) is 0 Å². The summed E-state index contributed by atoms with van der Waals surface area (Å²) in [6, 6.07) is 0. The summed E-state index contributed by atoms with van der Waals surface area (Å²) < 4.78 is 0. The van der Waals surface area contributed by atoms with Gasteiger partial charge in [-0.15, -0.1) is 0 Å². The van der Waals surface area contributed by atoms with Crippen LogP contribution in [0, 0.1) is 23.7 Å². The molecule has 114 valence electrons. The lowest BCUT2D eigenvalue weighted by molar-refractivity contribution is -0.124. The van der Waals surface area contributed by atoms with Crippen LogP contribution in [0.5, 0.6) is 0 Å². The van der Waals surface area contributed by atoms with Crippen molar-refractivity contribution in [2.45, 2.75) is 26.2 Å². The molecule has 0 N–H and O–H groups in total. The Hall–Kier alpha value is 0.390. The van der Waals surface area contributed by atoms with Gasteiger partial charge in [-0.2, -0.15) is 23.5 Å². The van der Waals surface area contributed by atoms with E-state index in [1.165, 1.54) is 23.3 Å². The average Bonchev–Trinajstić information content (AvgIpc) is 3.02. The number of ketones is 1. The Kier molecular flexibility index (Phi) is 6.82. The number of hydrogen-bond donors (Lipinski definition) is 0. The highest BCUT2D eigenvalue weighted by Crippen LogP contribution is 2.53. The van der Waals surface area contributed by atoms with Gasteiger partial charge in [-0.3, -0.25) is 9.59 Å². The monoisotopic (exact) mass is 332 g/mol. The minimum Gasteiger partial charge on any atom is -0.300 e. The lowest BCUT2D eigenvalue weighted by atomic mass is 9.79. The van der Waals surface area contributed by atoms with E-state index in [0.29, 0.717) is 22.7 Å². The minimum atomic E-state index is 0.170. The van der Waals surface area contributed by atoms with Crippen molar-refractivity contribution in [2.75, 3.05) is 29.3 Å². The zero-order valence-corrected chi connectivity index (χ0v) is 14.7. The van der Waals surface area contributed by atoms with Crippen LogP contribution in [-0.2, 0) is 9.59 Å². The Labute approximate surface area is 135 Å². The summed E-state index contributed by atoms with van der Waals surface area (Å²) in [7, 11) is 0. The van der Waals surface area contributed by atoms with Gasteiger partial charge in [0.15, 0.2) is 5.12 Å². The molecule has 0 aromatic heterocycles. The third-order valence-electron chi connectivity index (χ3n) is 4.54. The second-order valence-electron chi connectivity index (χ2n) is 5.83. The van der Waals surface area contributed by atoms with Gasteiger partial charge >= 0.3 is 0 Å². The Bertz CT molecular complexity index is 359. The minimum absolute atomic E-state index is 0.170. The molecule has 0 aliphatic heterocycles. The number of hydrogen-bond acceptors (Lipinski definition) is 5. The van der Waals surface area contributed by atoms with Crippen LogP contribution in [-0.4, -0.2) is 40.2 Å². The van der Waals surface area contributed by atoms with Crippen molar-refractivity contribution in [1.82, 2.24) is 0 Å². The first-order chi connectivity index (χ1) is 9.63. The van der Waals surface area contributed by atoms with Crippen LogP contribution in [0.4, 0.5) is 0 Å². The molecule has 2 saturated carbocycles. The second-order valence-corrected chi connectivity index (χ2v) is 9.14. The van der Waals surface area contributed by atoms with Gasteiger partial charge in [-0.05, 0) is 44.3 Å². The van der Waals surface area contributed by atoms with E-state index in [1.807, 2.05) is 23.5 Å². The van der Waals surface area contributed by atoms with Gasteiger partial charge in [0, 0.05) is 34.8 Å². The highest BCUT2D eigenvalue weighted by atomic mass is 32.2. The lowest BCUT2D eigenvalue weighted by Crippen LogP contribution is -2.29. The van der Waals surface area contributed by atoms with Gasteiger partial charge in [0.05, 0.1) is 0 Å². The van der Waals surface area contributed by atoms with E-state index in [0.717, 1.165) is 30.8 Å². The van der Waals surface area contributed by atoms with Gasteiger partial charge in [0.2, 0.25) is 0 Å². The number of Topliss-reactive ketones (excluding diaryl/α,β-unsaturated/α-hetero) is 1. The van der Waals surface area contributed by atoms with E-state index >= 15 is 0 Å². The van der Waals surface area contributed by atoms with Crippen molar-refractivity contribution in [3.8, 4) is 0 Å². The van der Waals surface area contributed by atoms with Gasteiger partial charge in [-0.1, -0.05) is 11.8 Å². The summed E-state index contributed by atoms with van der Waals surface area (Å²) in [6.45, 7) is 1.70. The second kappa shape index (κ2) is 8.14. The molecular formula is C15H24O2S3. The van der Waals surface area contributed by atoms with Crippen molar-refractivity contribution in [3.05, 3.63) is 0 Å². The van der Waals surface area contributed by atoms with Crippen LogP contribution in [0.1, 0.15) is 26.2 Å². The normalized spacial score (nSPS) is 31.7. The molecule has 0 heterocycles. The summed E-state index contributed by atoms with van der Waals surface area (Å²) in [6.07, 6.45) is 5.32. The smallest absolute Gasteiger partial charge is 0.192 e. The molecule has 0 aromatic rings. The fraction of sp³-hybridized carbons (Fsp3) is 0.867. The molecule has 4 atom stereocenters. The van der Waals surface area contributed by atoms with Crippen molar-refractivity contribution in [2.24, 2.45) is 23.7 Å². The first kappa shape index (κ1) is 16.8. The van der Waals surface area contributed by atoms with Crippen LogP contribution in [0.25, 0.3) is 0 Å². The standard InChI is InChI=1S/C15H24O2S3/c1-10(16)12-7-11-8-13(12)14(9-11)15(17)20-6-5-19-4-3-18-2/h11-14H,3-9H2,1-2H3. The molecule has 2 aliphatic rings. The van der Waals surface area contributed by atoms with Gasteiger partial charge in [-0.25, -0.2) is 0 Å². The van der Waals surface area contributed by atoms with Gasteiger partial charge in [0.25, 0.3) is 0 Å². The van der Waals surface area contributed by atoms with E-state index in [1.54, 1.807) is 6.92 Å². The van der Waals surface area contributed by atoms with E-state index in [9.17, 15) is 9.59 Å². The zero-order chi connectivity index (χ0) is 14.5. The molecule has 0 spiro atoms. The molecule has 5 heteroatoms. The first-order valence-corrected chi connectivity index (χ1v) is 10.9. The Morgan fingerprint density at radius 3 is 2.35 bits per heavy atom.